The second kappa shape index (κ2) is 6.51. The molecule has 1 heterocycles. The Bertz CT molecular complexity index is 471. The summed E-state index contributed by atoms with van der Waals surface area (Å²) in [5.74, 6) is 0.773. The Morgan fingerprint density at radius 1 is 1.19 bits per heavy atom. The maximum Gasteiger partial charge on any atom is 0.416 e. The molecule has 0 saturated heterocycles. The zero-order valence-corrected chi connectivity index (χ0v) is 11.9. The average molecular weight is 303 g/mol. The van der Waals surface area contributed by atoms with Crippen molar-refractivity contribution in [2.45, 2.75) is 38.0 Å². The summed E-state index contributed by atoms with van der Waals surface area (Å²) in [6.07, 6.45) is -1.35. The van der Waals surface area contributed by atoms with Gasteiger partial charge in [-0.3, -0.25) is 0 Å². The molecule has 1 aromatic heterocycles. The van der Waals surface area contributed by atoms with Gasteiger partial charge in [-0.25, -0.2) is 4.98 Å². The van der Waals surface area contributed by atoms with Gasteiger partial charge >= 0.3 is 6.18 Å². The molecule has 1 aliphatic carbocycles. The summed E-state index contributed by atoms with van der Waals surface area (Å²) < 4.78 is 38.4. The fourth-order valence-corrected chi connectivity index (χ4v) is 2.51. The number of pyridine rings is 1. The van der Waals surface area contributed by atoms with Gasteiger partial charge < -0.3 is 15.7 Å². The molecule has 0 unspecified atom stereocenters. The van der Waals surface area contributed by atoms with Crippen molar-refractivity contribution >= 4 is 11.6 Å². The molecule has 0 radical (unpaired) electrons. The van der Waals surface area contributed by atoms with E-state index in [2.05, 4.69) is 15.6 Å². The molecule has 21 heavy (non-hydrogen) atoms. The van der Waals surface area contributed by atoms with Crippen LogP contribution in [-0.2, 0) is 6.18 Å². The van der Waals surface area contributed by atoms with Gasteiger partial charge in [-0.05, 0) is 43.7 Å². The number of aliphatic hydroxyl groups is 1. The van der Waals surface area contributed by atoms with Crippen LogP contribution in [0.2, 0.25) is 0 Å². The van der Waals surface area contributed by atoms with Gasteiger partial charge in [0.15, 0.2) is 0 Å². The highest BCUT2D eigenvalue weighted by atomic mass is 19.4. The van der Waals surface area contributed by atoms with E-state index in [1.165, 1.54) is 7.05 Å². The molecule has 0 amide bonds. The molecule has 0 atom stereocenters. The molecule has 1 fully saturated rings. The van der Waals surface area contributed by atoms with Crippen molar-refractivity contribution in [2.24, 2.45) is 5.92 Å². The summed E-state index contributed by atoms with van der Waals surface area (Å²) in [5, 5.41) is 15.1. The van der Waals surface area contributed by atoms with E-state index < -0.39 is 11.7 Å². The number of aliphatic hydroxyl groups excluding tert-OH is 1. The second-order valence-corrected chi connectivity index (χ2v) is 5.43. The molecule has 118 valence electrons. The Morgan fingerprint density at radius 3 is 2.38 bits per heavy atom. The zero-order valence-electron chi connectivity index (χ0n) is 11.9. The number of rotatable bonds is 4. The van der Waals surface area contributed by atoms with Crippen LogP contribution >= 0.6 is 0 Å². The van der Waals surface area contributed by atoms with Gasteiger partial charge in [-0.2, -0.15) is 13.2 Å². The summed E-state index contributed by atoms with van der Waals surface area (Å²) in [6.45, 7) is 0.574. The first-order chi connectivity index (χ1) is 9.88. The van der Waals surface area contributed by atoms with Gasteiger partial charge in [0.05, 0.1) is 11.7 Å². The largest absolute Gasteiger partial charge is 0.416 e. The summed E-state index contributed by atoms with van der Waals surface area (Å²) in [7, 11) is 1.54. The van der Waals surface area contributed by atoms with Crippen molar-refractivity contribution in [3.8, 4) is 0 Å². The normalized spacial score (nSPS) is 22.9. The van der Waals surface area contributed by atoms with Crippen LogP contribution in [0.15, 0.2) is 12.1 Å². The summed E-state index contributed by atoms with van der Waals surface area (Å²) in [4.78, 5) is 4.09. The Hall–Kier alpha value is -1.50. The predicted octanol–water partition coefficient (Wildman–Crippen LogP) is 3.11. The van der Waals surface area contributed by atoms with Crippen molar-refractivity contribution < 1.29 is 18.3 Å². The summed E-state index contributed by atoms with van der Waals surface area (Å²) >= 11 is 0. The average Bonchev–Trinajstić information content (AvgIpc) is 2.45. The molecule has 0 bridgehead atoms. The van der Waals surface area contributed by atoms with E-state index in [4.69, 9.17) is 0 Å². The first-order valence-corrected chi connectivity index (χ1v) is 7.07. The van der Waals surface area contributed by atoms with Gasteiger partial charge in [-0.1, -0.05) is 0 Å². The van der Waals surface area contributed by atoms with E-state index in [0.29, 0.717) is 12.5 Å². The Kier molecular flexibility index (Phi) is 4.92. The first-order valence-electron chi connectivity index (χ1n) is 7.07. The molecule has 4 nitrogen and oxygen atoms in total. The van der Waals surface area contributed by atoms with Crippen LogP contribution < -0.4 is 10.6 Å². The quantitative estimate of drug-likeness (QED) is 0.800. The van der Waals surface area contributed by atoms with Crippen molar-refractivity contribution in [3.63, 3.8) is 0 Å². The van der Waals surface area contributed by atoms with Crippen LogP contribution in [0.3, 0.4) is 0 Å². The number of anilines is 2. The van der Waals surface area contributed by atoms with E-state index in [0.717, 1.165) is 37.8 Å². The van der Waals surface area contributed by atoms with Crippen LogP contribution in [0.4, 0.5) is 24.8 Å². The molecule has 7 heteroatoms. The third-order valence-electron chi connectivity index (χ3n) is 3.80. The standard InChI is InChI=1S/C14H20F3N3O/c1-18-12-6-10(14(15,16)17)7-13(20-12)19-8-9-2-4-11(21)5-3-9/h6-7,9,11,21H,2-5,8H2,1H3,(H2,18,19,20). The number of nitrogens with one attached hydrogen (secondary N) is 2. The molecule has 0 aliphatic heterocycles. The molecule has 1 aliphatic rings. The topological polar surface area (TPSA) is 57.2 Å². The molecule has 3 N–H and O–H groups in total. The van der Waals surface area contributed by atoms with Crippen LogP contribution in [-0.4, -0.2) is 29.8 Å². The van der Waals surface area contributed by atoms with Crippen molar-refractivity contribution in [1.29, 1.82) is 0 Å². The molecular weight excluding hydrogens is 283 g/mol. The van der Waals surface area contributed by atoms with E-state index in [9.17, 15) is 18.3 Å². The highest BCUT2D eigenvalue weighted by molar-refractivity contribution is 5.49. The van der Waals surface area contributed by atoms with Gasteiger partial charge in [0, 0.05) is 13.6 Å². The smallest absolute Gasteiger partial charge is 0.393 e. The van der Waals surface area contributed by atoms with E-state index >= 15 is 0 Å². The van der Waals surface area contributed by atoms with Gasteiger partial charge in [-0.15, -0.1) is 0 Å². The van der Waals surface area contributed by atoms with E-state index in [-0.39, 0.29) is 17.7 Å². The number of alkyl halides is 3. The lowest BCUT2D eigenvalue weighted by Crippen LogP contribution is -2.24. The Balaban J connectivity index is 2.02. The van der Waals surface area contributed by atoms with Crippen LogP contribution in [0.5, 0.6) is 0 Å². The SMILES string of the molecule is CNc1cc(C(F)(F)F)cc(NCC2CCC(O)CC2)n1. The van der Waals surface area contributed by atoms with Crippen LogP contribution in [0.25, 0.3) is 0 Å². The maximum absolute atomic E-state index is 12.8. The maximum atomic E-state index is 12.8. The minimum Gasteiger partial charge on any atom is -0.393 e. The van der Waals surface area contributed by atoms with Crippen molar-refractivity contribution in [1.82, 2.24) is 4.98 Å². The number of hydrogen-bond donors (Lipinski definition) is 3. The fraction of sp³-hybridized carbons (Fsp3) is 0.643. The lowest BCUT2D eigenvalue weighted by Gasteiger charge is -2.25. The van der Waals surface area contributed by atoms with Gasteiger partial charge in [0.2, 0.25) is 0 Å². The summed E-state index contributed by atoms with van der Waals surface area (Å²) in [6, 6.07) is 2.01. The Morgan fingerprint density at radius 2 is 1.81 bits per heavy atom. The zero-order chi connectivity index (χ0) is 15.5. The molecule has 1 saturated carbocycles. The van der Waals surface area contributed by atoms with Crippen LogP contribution in [0, 0.1) is 5.92 Å². The third-order valence-corrected chi connectivity index (χ3v) is 3.80. The van der Waals surface area contributed by atoms with E-state index in [1.807, 2.05) is 0 Å². The van der Waals surface area contributed by atoms with Crippen LogP contribution in [0.1, 0.15) is 31.2 Å². The highest BCUT2D eigenvalue weighted by Gasteiger charge is 2.31. The molecule has 1 aromatic rings. The second-order valence-electron chi connectivity index (χ2n) is 5.43. The fourth-order valence-electron chi connectivity index (χ4n) is 2.51. The monoisotopic (exact) mass is 303 g/mol. The van der Waals surface area contributed by atoms with Crippen molar-refractivity contribution in [2.75, 3.05) is 24.2 Å². The van der Waals surface area contributed by atoms with Gasteiger partial charge in [0.25, 0.3) is 0 Å². The first kappa shape index (κ1) is 15.9. The number of nitrogens with zero attached hydrogens (tertiary/aromatic N) is 1. The third kappa shape index (κ3) is 4.49. The number of halogens is 3. The molecule has 2 rings (SSSR count). The van der Waals surface area contributed by atoms with Crippen molar-refractivity contribution in [3.05, 3.63) is 17.7 Å². The number of aromatic nitrogens is 1. The predicted molar refractivity (Wildman–Crippen MR) is 75.2 cm³/mol. The molecule has 0 aromatic carbocycles. The number of hydrogen-bond acceptors (Lipinski definition) is 4. The highest BCUT2D eigenvalue weighted by Crippen LogP contribution is 2.32. The van der Waals surface area contributed by atoms with Gasteiger partial charge in [0.1, 0.15) is 11.6 Å². The minimum atomic E-state index is -4.39. The molecule has 0 spiro atoms. The minimum absolute atomic E-state index is 0.186. The summed E-state index contributed by atoms with van der Waals surface area (Å²) in [5.41, 5.74) is -0.719. The Labute approximate surface area is 121 Å². The van der Waals surface area contributed by atoms with E-state index in [1.54, 1.807) is 0 Å². The molecular formula is C14H20F3N3O. The lowest BCUT2D eigenvalue weighted by molar-refractivity contribution is -0.137. The lowest BCUT2D eigenvalue weighted by atomic mass is 9.87.